The number of aliphatic carboxylic acids is 1. The first-order valence-corrected chi connectivity index (χ1v) is 6.06. The predicted molar refractivity (Wildman–Crippen MR) is 61.9 cm³/mol. The van der Waals surface area contributed by atoms with Crippen molar-refractivity contribution in [1.29, 1.82) is 0 Å². The number of fused-ring (bicyclic) bond motifs is 1. The van der Waals surface area contributed by atoms with Gasteiger partial charge in [-0.05, 0) is 10.4 Å². The second-order valence-electron chi connectivity index (χ2n) is 3.91. The minimum atomic E-state index is -1.27. The molecular weight excluding hydrogens is 276 g/mol. The van der Waals surface area contributed by atoms with E-state index in [2.05, 4.69) is 15.5 Å². The Bertz CT molecular complexity index is 612. The fraction of sp³-hybridized carbons (Fsp3) is 0.375. The number of nitrogen functional groups attached to an aromatic ring is 1. The second-order valence-corrected chi connectivity index (χ2v) is 5.02. The summed E-state index contributed by atoms with van der Waals surface area (Å²) in [5.74, 6) is -2.39. The van der Waals surface area contributed by atoms with Crippen LogP contribution in [0.1, 0.15) is 0 Å². The minimum absolute atomic E-state index is 0.0725. The fourth-order valence-electron chi connectivity index (χ4n) is 2.02. The van der Waals surface area contributed by atoms with E-state index in [1.807, 2.05) is 0 Å². The Morgan fingerprint density at radius 2 is 2.26 bits per heavy atom. The van der Waals surface area contributed by atoms with Crippen LogP contribution in [0.2, 0.25) is 0 Å². The number of thioether (sulfide) groups is 1. The third-order valence-electron chi connectivity index (χ3n) is 2.91. The van der Waals surface area contributed by atoms with Crippen LogP contribution in [0.4, 0.5) is 5.95 Å². The minimum Gasteiger partial charge on any atom is -0.476 e. The van der Waals surface area contributed by atoms with Gasteiger partial charge in [-0.15, -0.1) is 0 Å². The number of hydrogen-bond donors (Lipinski definition) is 3. The number of carbonyl (C=O) groups excluding carboxylic acids is 1. The third kappa shape index (κ3) is 1.45. The normalized spacial score (nSPS) is 25.5. The maximum absolute atomic E-state index is 11.8. The third-order valence-corrected chi connectivity index (χ3v) is 4.28. The number of aliphatic hydroxyl groups excluding tert-OH is 1. The molecule has 3 heterocycles. The predicted octanol–water partition coefficient (Wildman–Crippen LogP) is -2.01. The molecule has 1 aromatic rings. The van der Waals surface area contributed by atoms with Gasteiger partial charge in [0, 0.05) is 0 Å². The zero-order valence-corrected chi connectivity index (χ0v) is 10.1. The van der Waals surface area contributed by atoms with Crippen molar-refractivity contribution in [3.8, 4) is 0 Å². The molecule has 1 aromatic heterocycles. The molecule has 11 heteroatoms. The highest BCUT2D eigenvalue weighted by molar-refractivity contribution is 8.08. The van der Waals surface area contributed by atoms with E-state index < -0.39 is 23.2 Å². The van der Waals surface area contributed by atoms with Gasteiger partial charge in [-0.3, -0.25) is 9.69 Å². The van der Waals surface area contributed by atoms with E-state index >= 15 is 0 Å². The largest absolute Gasteiger partial charge is 0.476 e. The molecule has 1 saturated heterocycles. The van der Waals surface area contributed by atoms with E-state index in [1.54, 1.807) is 0 Å². The molecule has 0 spiro atoms. The van der Waals surface area contributed by atoms with Gasteiger partial charge >= 0.3 is 5.97 Å². The highest BCUT2D eigenvalue weighted by Gasteiger charge is 2.56. The molecule has 3 rings (SSSR count). The molecule has 1 fully saturated rings. The Kier molecular flexibility index (Phi) is 2.46. The van der Waals surface area contributed by atoms with E-state index in [-0.39, 0.29) is 23.3 Å². The molecule has 0 bridgehead atoms. The number of β-lactam (4-membered cyclic amide) rings is 1. The molecule has 0 aliphatic carbocycles. The molecule has 4 N–H and O–H groups in total. The summed E-state index contributed by atoms with van der Waals surface area (Å²) in [5, 5.41) is 28.4. The maximum atomic E-state index is 11.8. The van der Waals surface area contributed by atoms with Gasteiger partial charge in [0.15, 0.2) is 5.70 Å². The summed E-state index contributed by atoms with van der Waals surface area (Å²) in [5.41, 5.74) is 5.31. The quantitative estimate of drug-likeness (QED) is 0.535. The van der Waals surface area contributed by atoms with Crippen LogP contribution in [-0.4, -0.2) is 59.2 Å². The van der Waals surface area contributed by atoms with Gasteiger partial charge in [-0.2, -0.15) is 4.68 Å². The SMILES string of the molecule is Nc1nnnn1C1=C(C(=O)O)N2C(=O)[C@H](CO)[C@H]2S1. The monoisotopic (exact) mass is 284 g/mol. The van der Waals surface area contributed by atoms with Gasteiger partial charge < -0.3 is 15.9 Å². The van der Waals surface area contributed by atoms with Crippen LogP contribution in [0.15, 0.2) is 5.70 Å². The van der Waals surface area contributed by atoms with Gasteiger partial charge in [0.25, 0.3) is 0 Å². The lowest BCUT2D eigenvalue weighted by Gasteiger charge is -2.40. The van der Waals surface area contributed by atoms with Crippen molar-refractivity contribution in [2.75, 3.05) is 12.3 Å². The fourth-order valence-corrected chi connectivity index (χ4v) is 3.46. The van der Waals surface area contributed by atoms with Gasteiger partial charge in [0.05, 0.1) is 12.5 Å². The van der Waals surface area contributed by atoms with Crippen molar-refractivity contribution >= 4 is 34.6 Å². The summed E-state index contributed by atoms with van der Waals surface area (Å²) >= 11 is 1.09. The Hall–Kier alpha value is -2.14. The molecule has 0 unspecified atom stereocenters. The molecule has 19 heavy (non-hydrogen) atoms. The Morgan fingerprint density at radius 1 is 1.53 bits per heavy atom. The summed E-state index contributed by atoms with van der Waals surface area (Å²) in [7, 11) is 0. The van der Waals surface area contributed by atoms with Crippen LogP contribution in [0, 0.1) is 5.92 Å². The number of anilines is 1. The molecule has 2 atom stereocenters. The number of aromatic nitrogens is 4. The van der Waals surface area contributed by atoms with Crippen molar-refractivity contribution < 1.29 is 19.8 Å². The number of rotatable bonds is 3. The summed E-state index contributed by atoms with van der Waals surface area (Å²) in [6.45, 7) is -0.335. The molecule has 1 amide bonds. The first-order valence-electron chi connectivity index (χ1n) is 5.18. The summed E-state index contributed by atoms with van der Waals surface area (Å²) < 4.78 is 1.06. The van der Waals surface area contributed by atoms with Crippen LogP contribution >= 0.6 is 11.8 Å². The van der Waals surface area contributed by atoms with Gasteiger partial charge in [0.1, 0.15) is 10.4 Å². The molecule has 10 nitrogen and oxygen atoms in total. The first-order chi connectivity index (χ1) is 9.06. The summed E-state index contributed by atoms with van der Waals surface area (Å²) in [6, 6.07) is 0. The number of carboxylic acid groups (broad SMARTS) is 1. The van der Waals surface area contributed by atoms with E-state index in [9.17, 15) is 14.7 Å². The Balaban J connectivity index is 2.07. The summed E-state index contributed by atoms with van der Waals surface area (Å²) in [4.78, 5) is 24.2. The number of hydrogen-bond acceptors (Lipinski definition) is 8. The Morgan fingerprint density at radius 3 is 2.79 bits per heavy atom. The smallest absolute Gasteiger partial charge is 0.355 e. The lowest BCUT2D eigenvalue weighted by molar-refractivity contribution is -0.153. The molecule has 0 aromatic carbocycles. The van der Waals surface area contributed by atoms with Crippen LogP contribution in [0.25, 0.3) is 5.03 Å². The number of nitrogens with zero attached hydrogens (tertiary/aromatic N) is 5. The average molecular weight is 284 g/mol. The number of carboxylic acids is 1. The molecular formula is C8H8N6O4S. The lowest BCUT2D eigenvalue weighted by atomic mass is 9.98. The van der Waals surface area contributed by atoms with Crippen molar-refractivity contribution in [3.05, 3.63) is 5.70 Å². The second kappa shape index (κ2) is 3.93. The molecule has 0 radical (unpaired) electrons. The van der Waals surface area contributed by atoms with Gasteiger partial charge in [0.2, 0.25) is 11.9 Å². The number of aliphatic hydroxyl groups is 1. The highest BCUT2D eigenvalue weighted by Crippen LogP contribution is 2.50. The number of nitrogens with two attached hydrogens (primary N) is 1. The van der Waals surface area contributed by atoms with Crippen LogP contribution in [-0.2, 0) is 9.59 Å². The van der Waals surface area contributed by atoms with E-state index in [1.165, 1.54) is 0 Å². The zero-order chi connectivity index (χ0) is 13.7. The van der Waals surface area contributed by atoms with Crippen molar-refractivity contribution in [1.82, 2.24) is 25.1 Å². The van der Waals surface area contributed by atoms with Crippen molar-refractivity contribution in [3.63, 3.8) is 0 Å². The molecule has 2 aliphatic heterocycles. The van der Waals surface area contributed by atoms with Crippen LogP contribution in [0.5, 0.6) is 0 Å². The molecule has 2 aliphatic rings. The highest BCUT2D eigenvalue weighted by atomic mass is 32.2. The topological polar surface area (TPSA) is 147 Å². The summed E-state index contributed by atoms with van der Waals surface area (Å²) in [6.07, 6.45) is 0. The van der Waals surface area contributed by atoms with E-state index in [0.717, 1.165) is 21.3 Å². The van der Waals surface area contributed by atoms with Gasteiger partial charge in [-0.25, -0.2) is 4.79 Å². The van der Waals surface area contributed by atoms with Crippen LogP contribution in [0.3, 0.4) is 0 Å². The van der Waals surface area contributed by atoms with Crippen LogP contribution < -0.4 is 5.73 Å². The number of amides is 1. The standard InChI is InChI=1S/C8H8N6O4S/c9-8-10-11-12-14(8)6-3(7(17)18)13-4(16)2(1-15)5(13)19-6/h2,5,15H,1H2,(H,17,18)(H2,9,10,12)/t2-,5+/m0/s1. The molecule has 0 saturated carbocycles. The number of carbonyl (C=O) groups is 2. The average Bonchev–Trinajstić information content (AvgIpc) is 2.91. The maximum Gasteiger partial charge on any atom is 0.355 e. The Labute approximate surface area is 109 Å². The van der Waals surface area contributed by atoms with E-state index in [0.29, 0.717) is 0 Å². The lowest BCUT2D eigenvalue weighted by Crippen LogP contribution is -2.58. The van der Waals surface area contributed by atoms with Gasteiger partial charge in [-0.1, -0.05) is 16.9 Å². The molecule has 100 valence electrons. The van der Waals surface area contributed by atoms with Crippen molar-refractivity contribution in [2.45, 2.75) is 5.37 Å². The van der Waals surface area contributed by atoms with E-state index in [4.69, 9.17) is 10.8 Å². The zero-order valence-electron chi connectivity index (χ0n) is 9.29. The first kappa shape index (κ1) is 11.9. The van der Waals surface area contributed by atoms with Crippen molar-refractivity contribution in [2.24, 2.45) is 5.92 Å². The number of tetrazole rings is 1.